The normalized spacial score (nSPS) is 20.5. The summed E-state index contributed by atoms with van der Waals surface area (Å²) in [6, 6.07) is 0. The molecule has 0 aromatic rings. The van der Waals surface area contributed by atoms with Crippen molar-refractivity contribution in [3.63, 3.8) is 0 Å². The maximum absolute atomic E-state index is 12.2. The first kappa shape index (κ1) is 17.7. The molecule has 0 aromatic carbocycles. The largest absolute Gasteiger partial charge is 0.481 e. The van der Waals surface area contributed by atoms with E-state index in [9.17, 15) is 22.8 Å². The average Bonchev–Trinajstić information content (AvgIpc) is 2.70. The Kier molecular flexibility index (Phi) is 5.61. The quantitative estimate of drug-likeness (QED) is 0.780. The smallest absolute Gasteiger partial charge is 0.401 e. The van der Waals surface area contributed by atoms with Crippen molar-refractivity contribution in [2.24, 2.45) is 11.3 Å². The van der Waals surface area contributed by atoms with Crippen LogP contribution in [-0.4, -0.2) is 54.2 Å². The van der Waals surface area contributed by atoms with Crippen molar-refractivity contribution in [1.82, 2.24) is 10.2 Å². The second-order valence-corrected chi connectivity index (χ2v) is 6.17. The number of nitrogens with one attached hydrogen (secondary N) is 1. The number of carbonyl (C=O) groups excluding carboxylic acids is 1. The first-order valence-electron chi connectivity index (χ1n) is 6.79. The van der Waals surface area contributed by atoms with Crippen LogP contribution in [0.4, 0.5) is 13.2 Å². The number of carboxylic acid groups (broad SMARTS) is 1. The first-order chi connectivity index (χ1) is 9.49. The molecule has 122 valence electrons. The Morgan fingerprint density at radius 3 is 2.48 bits per heavy atom. The van der Waals surface area contributed by atoms with Gasteiger partial charge in [-0.2, -0.15) is 13.2 Å². The van der Waals surface area contributed by atoms with Gasteiger partial charge >= 0.3 is 12.1 Å². The number of carbonyl (C=O) groups is 2. The maximum Gasteiger partial charge on any atom is 0.401 e. The van der Waals surface area contributed by atoms with Gasteiger partial charge in [-0.1, -0.05) is 0 Å². The van der Waals surface area contributed by atoms with Crippen molar-refractivity contribution in [2.75, 3.05) is 26.2 Å². The lowest BCUT2D eigenvalue weighted by Gasteiger charge is -2.20. The van der Waals surface area contributed by atoms with Gasteiger partial charge in [0.2, 0.25) is 5.91 Å². The van der Waals surface area contributed by atoms with E-state index in [0.29, 0.717) is 19.5 Å². The Hall–Kier alpha value is -1.31. The van der Waals surface area contributed by atoms with E-state index in [1.165, 1.54) is 18.7 Å². The molecule has 0 spiro atoms. The summed E-state index contributed by atoms with van der Waals surface area (Å²) in [6.07, 6.45) is -3.76. The van der Waals surface area contributed by atoms with Crippen molar-refractivity contribution in [3.05, 3.63) is 0 Å². The number of hydrogen-bond donors (Lipinski definition) is 2. The highest BCUT2D eigenvalue weighted by Gasteiger charge is 2.35. The number of nitrogens with zero attached hydrogens (tertiary/aromatic N) is 1. The highest BCUT2D eigenvalue weighted by atomic mass is 19.4. The fraction of sp³-hybridized carbons (Fsp3) is 0.846. The SMILES string of the molecule is CC(C)(CC(=O)NCC1CCN(CC(F)(F)F)C1)C(=O)O. The van der Waals surface area contributed by atoms with Crippen LogP contribution in [0.15, 0.2) is 0 Å². The lowest BCUT2D eigenvalue weighted by molar-refractivity contribution is -0.149. The molecule has 1 saturated heterocycles. The minimum atomic E-state index is -4.20. The minimum absolute atomic E-state index is 0.0239. The maximum atomic E-state index is 12.2. The molecular formula is C13H21F3N2O3. The molecule has 8 heteroatoms. The van der Waals surface area contributed by atoms with Crippen molar-refractivity contribution in [2.45, 2.75) is 32.9 Å². The Bertz CT molecular complexity index is 397. The van der Waals surface area contributed by atoms with Crippen LogP contribution < -0.4 is 5.32 Å². The molecule has 1 unspecified atom stereocenters. The van der Waals surface area contributed by atoms with Crippen LogP contribution >= 0.6 is 0 Å². The summed E-state index contributed by atoms with van der Waals surface area (Å²) in [7, 11) is 0. The topological polar surface area (TPSA) is 69.6 Å². The van der Waals surface area contributed by atoms with E-state index in [1.54, 1.807) is 0 Å². The van der Waals surface area contributed by atoms with E-state index in [-0.39, 0.29) is 18.9 Å². The molecule has 1 heterocycles. The molecule has 1 atom stereocenters. The van der Waals surface area contributed by atoms with Gasteiger partial charge in [0.25, 0.3) is 0 Å². The summed E-state index contributed by atoms with van der Waals surface area (Å²) in [6.45, 7) is 2.92. The van der Waals surface area contributed by atoms with E-state index in [0.717, 1.165) is 0 Å². The first-order valence-corrected chi connectivity index (χ1v) is 6.79. The van der Waals surface area contributed by atoms with Crippen LogP contribution in [0.25, 0.3) is 0 Å². The molecule has 0 aliphatic carbocycles. The molecule has 21 heavy (non-hydrogen) atoms. The zero-order valence-corrected chi connectivity index (χ0v) is 12.2. The van der Waals surface area contributed by atoms with Gasteiger partial charge in [0.05, 0.1) is 12.0 Å². The van der Waals surface area contributed by atoms with E-state index < -0.39 is 30.0 Å². The zero-order chi connectivity index (χ0) is 16.3. The van der Waals surface area contributed by atoms with Gasteiger partial charge in [-0.25, -0.2) is 0 Å². The van der Waals surface area contributed by atoms with Crippen molar-refractivity contribution >= 4 is 11.9 Å². The molecule has 1 aliphatic heterocycles. The highest BCUT2D eigenvalue weighted by Crippen LogP contribution is 2.23. The summed E-state index contributed by atoms with van der Waals surface area (Å²) in [5, 5.41) is 11.5. The standard InChI is InChI=1S/C13H21F3N2O3/c1-12(2,11(20)21)5-10(19)17-6-9-3-4-18(7-9)8-13(14,15)16/h9H,3-8H2,1-2H3,(H,17,19)(H,20,21). The average molecular weight is 310 g/mol. The van der Waals surface area contributed by atoms with E-state index >= 15 is 0 Å². The molecule has 0 bridgehead atoms. The summed E-state index contributed by atoms with van der Waals surface area (Å²) in [5.41, 5.74) is -1.15. The number of alkyl halides is 3. The highest BCUT2D eigenvalue weighted by molar-refractivity contribution is 5.84. The van der Waals surface area contributed by atoms with E-state index in [2.05, 4.69) is 5.32 Å². The lowest BCUT2D eigenvalue weighted by atomic mass is 9.89. The third kappa shape index (κ3) is 6.33. The number of likely N-dealkylation sites (tertiary alicyclic amines) is 1. The second-order valence-electron chi connectivity index (χ2n) is 6.17. The van der Waals surface area contributed by atoms with Crippen LogP contribution in [0, 0.1) is 11.3 Å². The molecule has 2 N–H and O–H groups in total. The predicted octanol–water partition coefficient (Wildman–Crippen LogP) is 1.49. The zero-order valence-electron chi connectivity index (χ0n) is 12.2. The molecule has 0 saturated carbocycles. The lowest BCUT2D eigenvalue weighted by Crippen LogP contribution is -2.37. The summed E-state index contributed by atoms with van der Waals surface area (Å²) >= 11 is 0. The summed E-state index contributed by atoms with van der Waals surface area (Å²) in [4.78, 5) is 23.9. The predicted molar refractivity (Wildman–Crippen MR) is 69.6 cm³/mol. The third-order valence-electron chi connectivity index (χ3n) is 3.54. The molecular weight excluding hydrogens is 289 g/mol. The number of aliphatic carboxylic acids is 1. The fourth-order valence-electron chi connectivity index (χ4n) is 2.27. The molecule has 1 aliphatic rings. The van der Waals surface area contributed by atoms with Crippen molar-refractivity contribution in [3.8, 4) is 0 Å². The Morgan fingerprint density at radius 1 is 1.33 bits per heavy atom. The van der Waals surface area contributed by atoms with Crippen molar-refractivity contribution < 1.29 is 27.9 Å². The number of carboxylic acids is 1. The number of rotatable bonds is 6. The molecule has 1 fully saturated rings. The number of amides is 1. The summed E-state index contributed by atoms with van der Waals surface area (Å²) in [5.74, 6) is -1.48. The van der Waals surface area contributed by atoms with Crippen molar-refractivity contribution in [1.29, 1.82) is 0 Å². The molecule has 1 amide bonds. The van der Waals surface area contributed by atoms with E-state index in [1.807, 2.05) is 0 Å². The van der Waals surface area contributed by atoms with Crippen LogP contribution in [0.5, 0.6) is 0 Å². The van der Waals surface area contributed by atoms with Crippen LogP contribution in [-0.2, 0) is 9.59 Å². The minimum Gasteiger partial charge on any atom is -0.481 e. The molecule has 1 rings (SSSR count). The second kappa shape index (κ2) is 6.64. The van der Waals surface area contributed by atoms with Gasteiger partial charge < -0.3 is 10.4 Å². The number of halogens is 3. The van der Waals surface area contributed by atoms with Gasteiger partial charge in [-0.05, 0) is 32.7 Å². The van der Waals surface area contributed by atoms with Gasteiger partial charge in [0.1, 0.15) is 0 Å². The number of hydrogen-bond acceptors (Lipinski definition) is 3. The van der Waals surface area contributed by atoms with Crippen LogP contribution in [0.2, 0.25) is 0 Å². The van der Waals surface area contributed by atoms with Crippen LogP contribution in [0.1, 0.15) is 26.7 Å². The fourth-order valence-corrected chi connectivity index (χ4v) is 2.27. The molecule has 5 nitrogen and oxygen atoms in total. The molecule has 0 aromatic heterocycles. The monoisotopic (exact) mass is 310 g/mol. The summed E-state index contributed by atoms with van der Waals surface area (Å²) < 4.78 is 36.7. The van der Waals surface area contributed by atoms with Gasteiger partial charge in [-0.3, -0.25) is 14.5 Å². The van der Waals surface area contributed by atoms with Gasteiger partial charge in [-0.15, -0.1) is 0 Å². The Labute approximate surface area is 121 Å². The Balaban J connectivity index is 2.31. The van der Waals surface area contributed by atoms with Gasteiger partial charge in [0.15, 0.2) is 0 Å². The third-order valence-corrected chi connectivity index (χ3v) is 3.54. The van der Waals surface area contributed by atoms with Gasteiger partial charge in [0, 0.05) is 19.5 Å². The molecule has 0 radical (unpaired) electrons. The van der Waals surface area contributed by atoms with E-state index in [4.69, 9.17) is 5.11 Å². The van der Waals surface area contributed by atoms with Crippen LogP contribution in [0.3, 0.4) is 0 Å². The Morgan fingerprint density at radius 2 is 1.95 bits per heavy atom.